The quantitative estimate of drug-likeness (QED) is 0.425. The maximum absolute atomic E-state index is 12.7. The van der Waals surface area contributed by atoms with Crippen LogP contribution in [0.2, 0.25) is 0 Å². The molecule has 0 unspecified atom stereocenters. The van der Waals surface area contributed by atoms with E-state index in [4.69, 9.17) is 9.26 Å². The molecule has 4 aromatic rings. The van der Waals surface area contributed by atoms with Crippen LogP contribution in [0.5, 0.6) is 0 Å². The summed E-state index contributed by atoms with van der Waals surface area (Å²) in [7, 11) is 0. The van der Waals surface area contributed by atoms with Crippen LogP contribution in [-0.4, -0.2) is 11.1 Å². The van der Waals surface area contributed by atoms with Gasteiger partial charge in [-0.05, 0) is 23.6 Å². The third kappa shape index (κ3) is 3.71. The molecular weight excluding hydrogens is 350 g/mol. The average molecular weight is 369 g/mol. The van der Waals surface area contributed by atoms with Crippen LogP contribution in [0.1, 0.15) is 21.7 Å². The van der Waals surface area contributed by atoms with Crippen molar-refractivity contribution in [2.24, 2.45) is 0 Å². The highest BCUT2D eigenvalue weighted by Crippen LogP contribution is 2.26. The predicted molar refractivity (Wildman–Crippen MR) is 108 cm³/mol. The van der Waals surface area contributed by atoms with Crippen LogP contribution in [-0.2, 0) is 11.3 Å². The fraction of sp³-hybridized carbons (Fsp3) is 0.0833. The molecule has 0 bridgehead atoms. The first-order valence-electron chi connectivity index (χ1n) is 9.05. The Balaban J connectivity index is 1.48. The number of aromatic nitrogens is 1. The molecule has 0 aliphatic carbocycles. The van der Waals surface area contributed by atoms with E-state index >= 15 is 0 Å². The maximum atomic E-state index is 12.7. The van der Waals surface area contributed by atoms with Crippen LogP contribution in [0, 0.1) is 6.92 Å². The largest absolute Gasteiger partial charge is 0.457 e. The summed E-state index contributed by atoms with van der Waals surface area (Å²) >= 11 is 0. The minimum Gasteiger partial charge on any atom is -0.457 e. The summed E-state index contributed by atoms with van der Waals surface area (Å²) < 4.78 is 10.8. The second-order valence-corrected chi connectivity index (χ2v) is 6.47. The Labute approximate surface area is 163 Å². The summed E-state index contributed by atoms with van der Waals surface area (Å²) in [6, 6.07) is 27.6. The van der Waals surface area contributed by atoms with Gasteiger partial charge in [-0.3, -0.25) is 0 Å². The van der Waals surface area contributed by atoms with E-state index in [0.29, 0.717) is 17.0 Å². The Hall–Kier alpha value is -3.66. The molecule has 0 spiro atoms. The Morgan fingerprint density at radius 3 is 2.04 bits per heavy atom. The highest BCUT2D eigenvalue weighted by Gasteiger charge is 2.22. The zero-order valence-electron chi connectivity index (χ0n) is 15.5. The third-order valence-electron chi connectivity index (χ3n) is 4.55. The van der Waals surface area contributed by atoms with E-state index in [1.807, 2.05) is 72.8 Å². The van der Waals surface area contributed by atoms with E-state index in [-0.39, 0.29) is 6.61 Å². The number of hydrogen-bond acceptors (Lipinski definition) is 4. The van der Waals surface area contributed by atoms with E-state index in [9.17, 15) is 4.79 Å². The van der Waals surface area contributed by atoms with Crippen LogP contribution in [0.15, 0.2) is 89.5 Å². The Bertz CT molecular complexity index is 1070. The van der Waals surface area contributed by atoms with Gasteiger partial charge in [-0.25, -0.2) is 4.79 Å². The second kappa shape index (κ2) is 7.92. The lowest BCUT2D eigenvalue weighted by molar-refractivity contribution is 0.0471. The fourth-order valence-electron chi connectivity index (χ4n) is 3.05. The van der Waals surface area contributed by atoms with E-state index in [2.05, 4.69) is 17.3 Å². The van der Waals surface area contributed by atoms with Crippen molar-refractivity contribution in [3.05, 3.63) is 102 Å². The lowest BCUT2D eigenvalue weighted by atomic mass is 10.0. The lowest BCUT2D eigenvalue weighted by Crippen LogP contribution is -2.07. The van der Waals surface area contributed by atoms with Crippen LogP contribution >= 0.6 is 0 Å². The number of nitrogens with zero attached hydrogens (tertiary/aromatic N) is 1. The van der Waals surface area contributed by atoms with E-state index in [1.54, 1.807) is 6.92 Å². The highest BCUT2D eigenvalue weighted by atomic mass is 16.5. The van der Waals surface area contributed by atoms with Gasteiger partial charge in [0.25, 0.3) is 0 Å². The molecule has 0 N–H and O–H groups in total. The molecule has 1 heterocycles. The van der Waals surface area contributed by atoms with Gasteiger partial charge in [0, 0.05) is 5.56 Å². The number of ether oxygens (including phenoxy) is 1. The number of aryl methyl sites for hydroxylation is 1. The van der Waals surface area contributed by atoms with Gasteiger partial charge in [-0.15, -0.1) is 0 Å². The summed E-state index contributed by atoms with van der Waals surface area (Å²) in [6.45, 7) is 1.90. The normalized spacial score (nSPS) is 10.6. The van der Waals surface area contributed by atoms with Crippen molar-refractivity contribution >= 4 is 5.97 Å². The number of hydrogen-bond donors (Lipinski definition) is 0. The summed E-state index contributed by atoms with van der Waals surface area (Å²) in [6.07, 6.45) is 0. The average Bonchev–Trinajstić information content (AvgIpc) is 3.15. The molecule has 138 valence electrons. The molecule has 0 aliphatic heterocycles. The predicted octanol–water partition coefficient (Wildman–Crippen LogP) is 5.67. The minimum absolute atomic E-state index is 0.187. The zero-order chi connectivity index (χ0) is 19.3. The molecule has 0 atom stereocenters. The van der Waals surface area contributed by atoms with Gasteiger partial charge in [0.15, 0.2) is 0 Å². The number of carbonyl (C=O) groups excluding carboxylic acids is 1. The summed E-state index contributed by atoms with van der Waals surface area (Å²) in [5, 5.41) is 4.03. The van der Waals surface area contributed by atoms with E-state index in [0.717, 1.165) is 22.3 Å². The SMILES string of the molecule is Cc1onc(-c2ccccc2)c1C(=O)OCc1ccc(-c2ccccc2)cc1. The summed E-state index contributed by atoms with van der Waals surface area (Å²) in [5.41, 5.74) is 4.88. The van der Waals surface area contributed by atoms with Crippen molar-refractivity contribution < 1.29 is 14.1 Å². The number of carbonyl (C=O) groups is 1. The Morgan fingerprint density at radius 2 is 1.39 bits per heavy atom. The third-order valence-corrected chi connectivity index (χ3v) is 4.55. The van der Waals surface area contributed by atoms with Gasteiger partial charge in [0.2, 0.25) is 0 Å². The first-order chi connectivity index (χ1) is 13.7. The van der Waals surface area contributed by atoms with Crippen molar-refractivity contribution in [3.8, 4) is 22.4 Å². The Kier molecular flexibility index (Phi) is 5.02. The van der Waals surface area contributed by atoms with Crippen LogP contribution in [0.4, 0.5) is 0 Å². The standard InChI is InChI=1S/C24H19NO3/c1-17-22(23(25-28-17)21-10-6-3-7-11-21)24(26)27-16-18-12-14-20(15-13-18)19-8-4-2-5-9-19/h2-15H,16H2,1H3. The molecule has 0 radical (unpaired) electrons. The molecule has 0 aliphatic rings. The molecule has 0 fully saturated rings. The fourth-order valence-corrected chi connectivity index (χ4v) is 3.05. The maximum Gasteiger partial charge on any atom is 0.344 e. The van der Waals surface area contributed by atoms with Gasteiger partial charge in [0.05, 0.1) is 0 Å². The number of rotatable bonds is 5. The smallest absolute Gasteiger partial charge is 0.344 e. The molecule has 1 aromatic heterocycles. The van der Waals surface area contributed by atoms with Gasteiger partial charge < -0.3 is 9.26 Å². The second-order valence-electron chi connectivity index (χ2n) is 6.47. The van der Waals surface area contributed by atoms with Crippen molar-refractivity contribution in [1.29, 1.82) is 0 Å². The number of esters is 1. The first-order valence-corrected chi connectivity index (χ1v) is 9.05. The zero-order valence-corrected chi connectivity index (χ0v) is 15.5. The topological polar surface area (TPSA) is 52.3 Å². The van der Waals surface area contributed by atoms with Gasteiger partial charge >= 0.3 is 5.97 Å². The van der Waals surface area contributed by atoms with Crippen LogP contribution < -0.4 is 0 Å². The molecule has 0 saturated carbocycles. The van der Waals surface area contributed by atoms with Gasteiger partial charge in [-0.2, -0.15) is 0 Å². The molecule has 0 saturated heterocycles. The van der Waals surface area contributed by atoms with Crippen molar-refractivity contribution in [2.75, 3.05) is 0 Å². The lowest BCUT2D eigenvalue weighted by Gasteiger charge is -2.07. The molecule has 28 heavy (non-hydrogen) atoms. The molecule has 4 heteroatoms. The van der Waals surface area contributed by atoms with E-state index < -0.39 is 5.97 Å². The minimum atomic E-state index is -0.440. The summed E-state index contributed by atoms with van der Waals surface area (Å²) in [4.78, 5) is 12.7. The molecule has 4 nitrogen and oxygen atoms in total. The monoisotopic (exact) mass is 369 g/mol. The Morgan fingerprint density at radius 1 is 0.821 bits per heavy atom. The van der Waals surface area contributed by atoms with Crippen molar-refractivity contribution in [2.45, 2.75) is 13.5 Å². The van der Waals surface area contributed by atoms with Gasteiger partial charge in [-0.1, -0.05) is 90.1 Å². The van der Waals surface area contributed by atoms with Crippen molar-refractivity contribution in [1.82, 2.24) is 5.16 Å². The molecule has 3 aromatic carbocycles. The van der Waals surface area contributed by atoms with E-state index in [1.165, 1.54) is 0 Å². The van der Waals surface area contributed by atoms with Gasteiger partial charge in [0.1, 0.15) is 23.6 Å². The first kappa shape index (κ1) is 17.7. The molecule has 4 rings (SSSR count). The molecular formula is C24H19NO3. The highest BCUT2D eigenvalue weighted by molar-refractivity contribution is 5.97. The molecule has 0 amide bonds. The number of benzene rings is 3. The van der Waals surface area contributed by atoms with Crippen LogP contribution in [0.25, 0.3) is 22.4 Å². The van der Waals surface area contributed by atoms with Crippen molar-refractivity contribution in [3.63, 3.8) is 0 Å². The summed E-state index contributed by atoms with van der Waals surface area (Å²) in [5.74, 6) is 0.00742. The van der Waals surface area contributed by atoms with Crippen LogP contribution in [0.3, 0.4) is 0 Å².